The zero-order valence-electron chi connectivity index (χ0n) is 11.7. The molecular weight excluding hydrogens is 268 g/mol. The van der Waals surface area contributed by atoms with Gasteiger partial charge in [-0.1, -0.05) is 6.07 Å². The molecule has 3 rings (SSSR count). The lowest BCUT2D eigenvalue weighted by Gasteiger charge is -2.16. The molecule has 0 aliphatic rings. The molecule has 1 N–H and O–H groups in total. The van der Waals surface area contributed by atoms with Gasteiger partial charge in [-0.15, -0.1) is 11.3 Å². The second-order valence-corrected chi connectivity index (χ2v) is 5.62. The molecule has 2 aromatic heterocycles. The van der Waals surface area contributed by atoms with Crippen molar-refractivity contribution < 1.29 is 4.74 Å². The summed E-state index contributed by atoms with van der Waals surface area (Å²) in [6.07, 6.45) is 1.84. The summed E-state index contributed by atoms with van der Waals surface area (Å²) in [4.78, 5) is 4.37. The number of pyridine rings is 1. The molecule has 102 valence electrons. The van der Waals surface area contributed by atoms with E-state index < -0.39 is 0 Å². The Morgan fingerprint density at radius 1 is 1.15 bits per heavy atom. The van der Waals surface area contributed by atoms with Crippen LogP contribution in [-0.4, -0.2) is 12.1 Å². The standard InChI is InChI=1S/C16H16N2OS/c1-10-4-5-14(19-3)11(2)15(10)18-13-6-8-17-12-7-9-20-16(12)13/h4-9H,1-3H3,(H,17,18). The molecule has 0 aliphatic carbocycles. The van der Waals surface area contributed by atoms with Crippen LogP contribution in [0.3, 0.4) is 0 Å². The van der Waals surface area contributed by atoms with Crippen LogP contribution >= 0.6 is 11.3 Å². The fourth-order valence-corrected chi connectivity index (χ4v) is 3.17. The normalized spacial score (nSPS) is 10.8. The van der Waals surface area contributed by atoms with Gasteiger partial charge in [0, 0.05) is 17.4 Å². The number of aryl methyl sites for hydroxylation is 1. The van der Waals surface area contributed by atoms with Crippen LogP contribution in [0.15, 0.2) is 35.8 Å². The molecule has 0 aliphatic heterocycles. The lowest BCUT2D eigenvalue weighted by Crippen LogP contribution is -1.99. The number of thiophene rings is 1. The van der Waals surface area contributed by atoms with E-state index in [2.05, 4.69) is 35.6 Å². The van der Waals surface area contributed by atoms with E-state index in [9.17, 15) is 0 Å². The lowest BCUT2D eigenvalue weighted by molar-refractivity contribution is 0.412. The fraction of sp³-hybridized carbons (Fsp3) is 0.188. The zero-order chi connectivity index (χ0) is 14.1. The molecule has 1 aromatic carbocycles. The van der Waals surface area contributed by atoms with Crippen LogP contribution in [0.2, 0.25) is 0 Å². The van der Waals surface area contributed by atoms with Crippen molar-refractivity contribution in [3.8, 4) is 5.75 Å². The maximum atomic E-state index is 5.40. The number of benzene rings is 1. The van der Waals surface area contributed by atoms with Crippen molar-refractivity contribution in [2.75, 3.05) is 12.4 Å². The molecule has 20 heavy (non-hydrogen) atoms. The molecule has 0 radical (unpaired) electrons. The van der Waals surface area contributed by atoms with Crippen LogP contribution in [0.5, 0.6) is 5.75 Å². The average Bonchev–Trinajstić information content (AvgIpc) is 2.93. The maximum absolute atomic E-state index is 5.40. The van der Waals surface area contributed by atoms with Crippen molar-refractivity contribution in [3.05, 3.63) is 47.0 Å². The van der Waals surface area contributed by atoms with Gasteiger partial charge >= 0.3 is 0 Å². The van der Waals surface area contributed by atoms with Gasteiger partial charge in [0.15, 0.2) is 0 Å². The maximum Gasteiger partial charge on any atom is 0.123 e. The number of anilines is 2. The summed E-state index contributed by atoms with van der Waals surface area (Å²) >= 11 is 1.70. The number of methoxy groups -OCH3 is 1. The average molecular weight is 284 g/mol. The summed E-state index contributed by atoms with van der Waals surface area (Å²) in [5.41, 5.74) is 5.53. The molecule has 4 heteroatoms. The van der Waals surface area contributed by atoms with E-state index in [1.807, 2.05) is 24.4 Å². The summed E-state index contributed by atoms with van der Waals surface area (Å²) in [5.74, 6) is 0.898. The molecule has 0 amide bonds. The number of hydrogen-bond acceptors (Lipinski definition) is 4. The van der Waals surface area contributed by atoms with Gasteiger partial charge in [0.1, 0.15) is 5.75 Å². The van der Waals surface area contributed by atoms with Crippen molar-refractivity contribution in [1.82, 2.24) is 4.98 Å². The first kappa shape index (κ1) is 12.9. The predicted molar refractivity (Wildman–Crippen MR) is 85.4 cm³/mol. The second-order valence-electron chi connectivity index (χ2n) is 4.70. The highest BCUT2D eigenvalue weighted by atomic mass is 32.1. The molecule has 0 fully saturated rings. The first-order chi connectivity index (χ1) is 9.70. The Kier molecular flexibility index (Phi) is 3.32. The van der Waals surface area contributed by atoms with Crippen molar-refractivity contribution >= 4 is 32.9 Å². The second kappa shape index (κ2) is 5.13. The van der Waals surface area contributed by atoms with E-state index in [0.717, 1.165) is 28.2 Å². The van der Waals surface area contributed by atoms with Gasteiger partial charge in [0.2, 0.25) is 0 Å². The van der Waals surface area contributed by atoms with E-state index in [4.69, 9.17) is 4.74 Å². The summed E-state index contributed by atoms with van der Waals surface area (Å²) in [7, 11) is 1.70. The minimum absolute atomic E-state index is 0.898. The quantitative estimate of drug-likeness (QED) is 0.759. The van der Waals surface area contributed by atoms with Gasteiger partial charge in [-0.2, -0.15) is 0 Å². The monoisotopic (exact) mass is 284 g/mol. The zero-order valence-corrected chi connectivity index (χ0v) is 12.5. The van der Waals surface area contributed by atoms with E-state index in [-0.39, 0.29) is 0 Å². The van der Waals surface area contributed by atoms with Gasteiger partial charge in [0.25, 0.3) is 0 Å². The van der Waals surface area contributed by atoms with Crippen molar-refractivity contribution in [3.63, 3.8) is 0 Å². The van der Waals surface area contributed by atoms with Crippen LogP contribution < -0.4 is 10.1 Å². The number of fused-ring (bicyclic) bond motifs is 1. The Morgan fingerprint density at radius 3 is 2.80 bits per heavy atom. The molecule has 0 atom stereocenters. The SMILES string of the molecule is COc1ccc(C)c(Nc2ccnc3ccsc23)c1C. The molecule has 0 unspecified atom stereocenters. The third kappa shape index (κ3) is 2.12. The summed E-state index contributed by atoms with van der Waals surface area (Å²) in [6.45, 7) is 4.17. The fourth-order valence-electron chi connectivity index (χ4n) is 2.35. The van der Waals surface area contributed by atoms with Crippen molar-refractivity contribution in [2.45, 2.75) is 13.8 Å². The van der Waals surface area contributed by atoms with E-state index in [1.165, 1.54) is 10.3 Å². The van der Waals surface area contributed by atoms with Crippen LogP contribution in [0.4, 0.5) is 11.4 Å². The summed E-state index contributed by atoms with van der Waals surface area (Å²) in [6, 6.07) is 8.12. The molecule has 2 heterocycles. The Labute approximate surface area is 122 Å². The number of rotatable bonds is 3. The van der Waals surface area contributed by atoms with Gasteiger partial charge < -0.3 is 10.1 Å². The number of ether oxygens (including phenoxy) is 1. The van der Waals surface area contributed by atoms with Crippen LogP contribution in [0.25, 0.3) is 10.2 Å². The first-order valence-electron chi connectivity index (χ1n) is 6.44. The molecule has 0 saturated carbocycles. The molecular formula is C16H16N2OS. The smallest absolute Gasteiger partial charge is 0.123 e. The third-order valence-corrected chi connectivity index (χ3v) is 4.38. The molecule has 3 aromatic rings. The van der Waals surface area contributed by atoms with Gasteiger partial charge in [0.05, 0.1) is 23.0 Å². The number of nitrogens with zero attached hydrogens (tertiary/aromatic N) is 1. The van der Waals surface area contributed by atoms with Gasteiger partial charge in [-0.25, -0.2) is 0 Å². The number of hydrogen-bond donors (Lipinski definition) is 1. The summed E-state index contributed by atoms with van der Waals surface area (Å²) in [5, 5.41) is 5.60. The Balaban J connectivity index is 2.09. The van der Waals surface area contributed by atoms with Crippen molar-refractivity contribution in [1.29, 1.82) is 0 Å². The molecule has 0 bridgehead atoms. The van der Waals surface area contributed by atoms with E-state index in [1.54, 1.807) is 18.4 Å². The minimum Gasteiger partial charge on any atom is -0.496 e. The summed E-state index contributed by atoms with van der Waals surface area (Å²) < 4.78 is 6.58. The molecule has 0 saturated heterocycles. The van der Waals surface area contributed by atoms with Crippen LogP contribution in [0, 0.1) is 13.8 Å². The largest absolute Gasteiger partial charge is 0.496 e. The Morgan fingerprint density at radius 2 is 2.00 bits per heavy atom. The van der Waals surface area contributed by atoms with Gasteiger partial charge in [-0.3, -0.25) is 4.98 Å². The lowest BCUT2D eigenvalue weighted by atomic mass is 10.1. The first-order valence-corrected chi connectivity index (χ1v) is 7.32. The van der Waals surface area contributed by atoms with Crippen LogP contribution in [-0.2, 0) is 0 Å². The Bertz CT molecular complexity index is 764. The highest BCUT2D eigenvalue weighted by Crippen LogP contribution is 2.34. The van der Waals surface area contributed by atoms with Crippen molar-refractivity contribution in [2.24, 2.45) is 0 Å². The molecule has 0 spiro atoms. The Hall–Kier alpha value is -2.07. The van der Waals surface area contributed by atoms with E-state index >= 15 is 0 Å². The van der Waals surface area contributed by atoms with E-state index in [0.29, 0.717) is 0 Å². The minimum atomic E-state index is 0.898. The topological polar surface area (TPSA) is 34.1 Å². The highest BCUT2D eigenvalue weighted by molar-refractivity contribution is 7.17. The highest BCUT2D eigenvalue weighted by Gasteiger charge is 2.10. The predicted octanol–water partition coefficient (Wildman–Crippen LogP) is 4.67. The van der Waals surface area contributed by atoms with Crippen LogP contribution in [0.1, 0.15) is 11.1 Å². The van der Waals surface area contributed by atoms with Gasteiger partial charge in [-0.05, 0) is 43.0 Å². The number of nitrogens with one attached hydrogen (secondary N) is 1. The molecule has 3 nitrogen and oxygen atoms in total. The third-order valence-electron chi connectivity index (χ3n) is 3.45. The number of aromatic nitrogens is 1.